The lowest BCUT2D eigenvalue weighted by Crippen LogP contribution is -2.40. The van der Waals surface area contributed by atoms with Crippen molar-refractivity contribution < 1.29 is 47.6 Å². The van der Waals surface area contributed by atoms with Crippen molar-refractivity contribution in [2.24, 2.45) is 11.1 Å². The number of hydrogen-bond acceptors (Lipinski definition) is 11. The smallest absolute Gasteiger partial charge is 0.458 e. The molecule has 11 heteroatoms. The van der Waals surface area contributed by atoms with Gasteiger partial charge in [-0.2, -0.15) is 0 Å². The molecule has 1 rings (SSSR count). The third-order valence-electron chi connectivity index (χ3n) is 4.87. The Morgan fingerprint density at radius 1 is 0.838 bits per heavy atom. The molecule has 0 aliphatic carbocycles. The predicted molar refractivity (Wildman–Crippen MR) is 133 cm³/mol. The highest BCUT2D eigenvalue weighted by atomic mass is 16.7. The zero-order valence-corrected chi connectivity index (χ0v) is 22.7. The molecule has 0 bridgehead atoms. The first-order chi connectivity index (χ1) is 17.3. The van der Waals surface area contributed by atoms with Gasteiger partial charge in [-0.3, -0.25) is 9.59 Å². The lowest BCUT2D eigenvalue weighted by Gasteiger charge is -2.25. The van der Waals surface area contributed by atoms with Gasteiger partial charge in [-0.25, -0.2) is 9.59 Å². The third kappa shape index (κ3) is 11.5. The molecule has 0 amide bonds. The molecule has 0 saturated heterocycles. The Labute approximate surface area is 217 Å². The van der Waals surface area contributed by atoms with Crippen LogP contribution in [0.3, 0.4) is 0 Å². The summed E-state index contributed by atoms with van der Waals surface area (Å²) in [6.07, 6.45) is -2.15. The molecule has 0 spiro atoms. The number of benzene rings is 1. The van der Waals surface area contributed by atoms with Crippen molar-refractivity contribution in [3.63, 3.8) is 0 Å². The molecular weight excluding hydrogens is 486 g/mol. The summed E-state index contributed by atoms with van der Waals surface area (Å²) in [4.78, 5) is 48.5. The third-order valence-corrected chi connectivity index (χ3v) is 4.87. The second-order valence-electron chi connectivity index (χ2n) is 9.50. The van der Waals surface area contributed by atoms with E-state index >= 15 is 0 Å². The van der Waals surface area contributed by atoms with E-state index in [1.807, 2.05) is 13.8 Å². The zero-order chi connectivity index (χ0) is 28.2. The summed E-state index contributed by atoms with van der Waals surface area (Å²) in [5, 5.41) is 0. The SMILES string of the molecule is CCCOC(=O)Oc1ccc(C[C@H](N)C(=O)O[C@@H](C)C(C)OC(=O)C(C)(C)C)cc1OC(=O)OCCC. The van der Waals surface area contributed by atoms with Gasteiger partial charge in [-0.05, 0) is 71.6 Å². The van der Waals surface area contributed by atoms with E-state index in [4.69, 9.17) is 34.2 Å². The quantitative estimate of drug-likeness (QED) is 0.236. The van der Waals surface area contributed by atoms with Crippen LogP contribution in [0.15, 0.2) is 18.2 Å². The van der Waals surface area contributed by atoms with Crippen molar-refractivity contribution in [2.45, 2.75) is 86.0 Å². The van der Waals surface area contributed by atoms with Crippen molar-refractivity contribution in [1.29, 1.82) is 0 Å². The van der Waals surface area contributed by atoms with Gasteiger partial charge in [0, 0.05) is 0 Å². The Bertz CT molecular complexity index is 924. The molecule has 0 saturated carbocycles. The fraction of sp³-hybridized carbons (Fsp3) is 0.615. The minimum absolute atomic E-state index is 0.0165. The van der Waals surface area contributed by atoms with Crippen LogP contribution in [0.5, 0.6) is 11.5 Å². The Morgan fingerprint density at radius 3 is 1.86 bits per heavy atom. The van der Waals surface area contributed by atoms with Crippen molar-refractivity contribution in [2.75, 3.05) is 13.2 Å². The van der Waals surface area contributed by atoms with Gasteiger partial charge in [-0.1, -0.05) is 19.9 Å². The number of rotatable bonds is 12. The van der Waals surface area contributed by atoms with Crippen LogP contribution < -0.4 is 15.2 Å². The van der Waals surface area contributed by atoms with Crippen LogP contribution in [0, 0.1) is 5.41 Å². The summed E-state index contributed by atoms with van der Waals surface area (Å²) in [5.74, 6) is -1.31. The highest BCUT2D eigenvalue weighted by molar-refractivity contribution is 5.77. The van der Waals surface area contributed by atoms with Gasteiger partial charge < -0.3 is 34.2 Å². The highest BCUT2D eigenvalue weighted by Gasteiger charge is 2.29. The van der Waals surface area contributed by atoms with E-state index in [2.05, 4.69) is 0 Å². The molecule has 0 heterocycles. The molecular formula is C26H39NO10. The zero-order valence-electron chi connectivity index (χ0n) is 22.7. The number of esters is 2. The predicted octanol–water partition coefficient (Wildman–Crippen LogP) is 4.32. The van der Waals surface area contributed by atoms with Crippen LogP contribution in [0.2, 0.25) is 0 Å². The van der Waals surface area contributed by atoms with Gasteiger partial charge in [0.05, 0.1) is 18.6 Å². The highest BCUT2D eigenvalue weighted by Crippen LogP contribution is 2.30. The van der Waals surface area contributed by atoms with E-state index in [9.17, 15) is 19.2 Å². The number of carbonyl (C=O) groups is 4. The normalized spacial score (nSPS) is 13.5. The average molecular weight is 526 g/mol. The van der Waals surface area contributed by atoms with Crippen molar-refractivity contribution in [3.8, 4) is 11.5 Å². The van der Waals surface area contributed by atoms with E-state index in [0.29, 0.717) is 18.4 Å². The fourth-order valence-electron chi connectivity index (χ4n) is 2.60. The molecule has 1 aromatic carbocycles. The standard InChI is InChI=1S/C26H39NO10/c1-8-12-32-24(30)36-20-11-10-18(15-21(20)37-25(31)33-13-9-2)14-19(27)22(28)34-16(3)17(4)35-23(29)26(5,6)7/h10-11,15-17,19H,8-9,12-14,27H2,1-7H3/t16-,17?,19-/m0/s1. The van der Waals surface area contributed by atoms with Crippen LogP contribution in [0.1, 0.15) is 66.9 Å². The minimum atomic E-state index is -1.07. The first-order valence-electron chi connectivity index (χ1n) is 12.3. The summed E-state index contributed by atoms with van der Waals surface area (Å²) in [6.45, 7) is 12.3. The number of hydrogen-bond donors (Lipinski definition) is 1. The Balaban J connectivity index is 2.91. The second kappa shape index (κ2) is 15.0. The largest absolute Gasteiger partial charge is 0.513 e. The maximum absolute atomic E-state index is 12.6. The average Bonchev–Trinajstić information content (AvgIpc) is 2.82. The van der Waals surface area contributed by atoms with Crippen LogP contribution in [-0.2, 0) is 35.0 Å². The molecule has 0 aromatic heterocycles. The van der Waals surface area contributed by atoms with E-state index in [-0.39, 0.29) is 31.1 Å². The summed E-state index contributed by atoms with van der Waals surface area (Å²) in [5.41, 5.74) is 5.84. The lowest BCUT2D eigenvalue weighted by molar-refractivity contribution is -0.171. The number of carbonyl (C=O) groups excluding carboxylic acids is 4. The van der Waals surface area contributed by atoms with Crippen LogP contribution in [-0.4, -0.2) is 55.7 Å². The van der Waals surface area contributed by atoms with Crippen LogP contribution in [0.25, 0.3) is 0 Å². The molecule has 1 unspecified atom stereocenters. The monoisotopic (exact) mass is 525 g/mol. The second-order valence-corrected chi connectivity index (χ2v) is 9.50. The van der Waals surface area contributed by atoms with Gasteiger partial charge in [0.15, 0.2) is 11.5 Å². The molecule has 1 aromatic rings. The van der Waals surface area contributed by atoms with E-state index in [1.165, 1.54) is 12.1 Å². The molecule has 11 nitrogen and oxygen atoms in total. The summed E-state index contributed by atoms with van der Waals surface area (Å²) >= 11 is 0. The maximum Gasteiger partial charge on any atom is 0.513 e. The number of ether oxygens (including phenoxy) is 6. The van der Waals surface area contributed by atoms with Crippen molar-refractivity contribution in [1.82, 2.24) is 0 Å². The first-order valence-corrected chi connectivity index (χ1v) is 12.3. The Hall–Kier alpha value is -3.34. The molecule has 3 atom stereocenters. The summed E-state index contributed by atoms with van der Waals surface area (Å²) < 4.78 is 30.9. The molecule has 0 aliphatic heterocycles. The molecule has 0 aliphatic rings. The summed E-state index contributed by atoms with van der Waals surface area (Å²) in [6, 6.07) is 3.27. The topological polar surface area (TPSA) is 150 Å². The van der Waals surface area contributed by atoms with Crippen LogP contribution in [0.4, 0.5) is 9.59 Å². The number of nitrogens with two attached hydrogens (primary N) is 1. The van der Waals surface area contributed by atoms with Gasteiger partial charge in [0.2, 0.25) is 0 Å². The minimum Gasteiger partial charge on any atom is -0.458 e. The van der Waals surface area contributed by atoms with Crippen molar-refractivity contribution >= 4 is 24.2 Å². The molecule has 0 fully saturated rings. The Kier molecular flexibility index (Phi) is 12.9. The molecule has 2 N–H and O–H groups in total. The fourth-order valence-corrected chi connectivity index (χ4v) is 2.60. The first kappa shape index (κ1) is 31.7. The molecule has 208 valence electrons. The van der Waals surface area contributed by atoms with Gasteiger partial charge in [0.1, 0.15) is 18.2 Å². The van der Waals surface area contributed by atoms with E-state index in [0.717, 1.165) is 0 Å². The van der Waals surface area contributed by atoms with Gasteiger partial charge in [0.25, 0.3) is 0 Å². The van der Waals surface area contributed by atoms with Crippen molar-refractivity contribution in [3.05, 3.63) is 23.8 Å². The van der Waals surface area contributed by atoms with Gasteiger partial charge >= 0.3 is 24.2 Å². The summed E-state index contributed by atoms with van der Waals surface area (Å²) in [7, 11) is 0. The lowest BCUT2D eigenvalue weighted by atomic mass is 9.97. The maximum atomic E-state index is 12.6. The Morgan fingerprint density at radius 2 is 1.35 bits per heavy atom. The molecule has 37 heavy (non-hydrogen) atoms. The molecule has 0 radical (unpaired) electrons. The van der Waals surface area contributed by atoms with Crippen LogP contribution >= 0.6 is 0 Å². The van der Waals surface area contributed by atoms with E-state index in [1.54, 1.807) is 40.7 Å². The van der Waals surface area contributed by atoms with E-state index < -0.39 is 47.9 Å². The van der Waals surface area contributed by atoms with Gasteiger partial charge in [-0.15, -0.1) is 0 Å².